The van der Waals surface area contributed by atoms with Crippen LogP contribution < -0.4 is 15.4 Å². The van der Waals surface area contributed by atoms with Crippen LogP contribution >= 0.6 is 0 Å². The Balaban J connectivity index is 1.90. The first-order valence-electron chi connectivity index (χ1n) is 5.49. The summed E-state index contributed by atoms with van der Waals surface area (Å²) < 4.78 is 5.11. The highest BCUT2D eigenvalue weighted by molar-refractivity contribution is 6.45. The largest absolute Gasteiger partial charge is 0.497 e. The van der Waals surface area contributed by atoms with E-state index in [9.17, 15) is 9.59 Å². The number of carbonyl (C=O) groups is 2. The fourth-order valence-electron chi connectivity index (χ4n) is 1.56. The van der Waals surface area contributed by atoms with Gasteiger partial charge in [-0.15, -0.1) is 0 Å². The predicted octanol–water partition coefficient (Wildman–Crippen LogP) is -0.160. The average Bonchev–Trinajstić information content (AvgIpc) is 2.69. The van der Waals surface area contributed by atoms with Gasteiger partial charge < -0.3 is 4.74 Å². The number of nitrogens with one attached hydrogen (secondary N) is 2. The zero-order valence-electron chi connectivity index (χ0n) is 9.90. The monoisotopic (exact) mass is 247 g/mol. The molecular formula is C12H13N3O3. The van der Waals surface area contributed by atoms with E-state index in [0.29, 0.717) is 13.0 Å². The summed E-state index contributed by atoms with van der Waals surface area (Å²) in [6.45, 7) is 0.475. The van der Waals surface area contributed by atoms with Crippen LogP contribution in [-0.2, 0) is 16.0 Å². The van der Waals surface area contributed by atoms with Gasteiger partial charge in [0.2, 0.25) is 5.96 Å². The zero-order chi connectivity index (χ0) is 13.0. The van der Waals surface area contributed by atoms with Crippen LogP contribution in [0.25, 0.3) is 0 Å². The Morgan fingerprint density at radius 3 is 2.61 bits per heavy atom. The third-order valence-electron chi connectivity index (χ3n) is 2.47. The van der Waals surface area contributed by atoms with Crippen molar-refractivity contribution in [1.29, 1.82) is 0 Å². The van der Waals surface area contributed by atoms with E-state index < -0.39 is 11.8 Å². The van der Waals surface area contributed by atoms with E-state index in [2.05, 4.69) is 15.6 Å². The number of benzene rings is 1. The SMILES string of the molecule is COc1cccc(CCN=C2NC(=O)C(=O)N2)c1. The van der Waals surface area contributed by atoms with E-state index in [4.69, 9.17) is 4.74 Å². The van der Waals surface area contributed by atoms with Gasteiger partial charge in [-0.3, -0.25) is 25.2 Å². The van der Waals surface area contributed by atoms with Crippen molar-refractivity contribution in [3.05, 3.63) is 29.8 Å². The normalized spacial score (nSPS) is 14.2. The molecule has 0 spiro atoms. The number of aliphatic imine (C=N–C) groups is 1. The van der Waals surface area contributed by atoms with Gasteiger partial charge in [-0.2, -0.15) is 0 Å². The van der Waals surface area contributed by atoms with Gasteiger partial charge in [0, 0.05) is 6.54 Å². The van der Waals surface area contributed by atoms with Crippen molar-refractivity contribution in [3.63, 3.8) is 0 Å². The Hall–Kier alpha value is -2.37. The van der Waals surface area contributed by atoms with E-state index in [1.807, 2.05) is 24.3 Å². The van der Waals surface area contributed by atoms with Crippen molar-refractivity contribution < 1.29 is 14.3 Å². The lowest BCUT2D eigenvalue weighted by Gasteiger charge is -2.03. The first-order chi connectivity index (χ1) is 8.69. The Morgan fingerprint density at radius 2 is 1.94 bits per heavy atom. The van der Waals surface area contributed by atoms with E-state index in [-0.39, 0.29) is 5.96 Å². The quantitative estimate of drug-likeness (QED) is 0.725. The van der Waals surface area contributed by atoms with Crippen molar-refractivity contribution >= 4 is 17.8 Å². The smallest absolute Gasteiger partial charge is 0.316 e. The molecule has 0 aromatic heterocycles. The summed E-state index contributed by atoms with van der Waals surface area (Å²) in [5.41, 5.74) is 1.08. The van der Waals surface area contributed by atoms with Crippen LogP contribution in [0, 0.1) is 0 Å². The van der Waals surface area contributed by atoms with Gasteiger partial charge in [-0.1, -0.05) is 12.1 Å². The van der Waals surface area contributed by atoms with Crippen LogP contribution in [0.4, 0.5) is 0 Å². The van der Waals surface area contributed by atoms with Crippen molar-refractivity contribution in [2.24, 2.45) is 4.99 Å². The number of rotatable bonds is 4. The van der Waals surface area contributed by atoms with E-state index >= 15 is 0 Å². The van der Waals surface area contributed by atoms with Gasteiger partial charge in [-0.05, 0) is 24.1 Å². The standard InChI is InChI=1S/C12H13N3O3/c1-18-9-4-2-3-8(7-9)5-6-13-12-14-10(16)11(17)15-12/h2-4,7H,5-6H2,1H3,(H2,13,14,15,16,17). The van der Waals surface area contributed by atoms with Gasteiger partial charge in [0.1, 0.15) is 5.75 Å². The summed E-state index contributed by atoms with van der Waals surface area (Å²) in [6, 6.07) is 7.66. The first-order valence-corrected chi connectivity index (χ1v) is 5.49. The third-order valence-corrected chi connectivity index (χ3v) is 2.47. The Kier molecular flexibility index (Phi) is 3.57. The molecule has 1 heterocycles. The molecular weight excluding hydrogens is 234 g/mol. The maximum atomic E-state index is 10.9. The molecule has 18 heavy (non-hydrogen) atoms. The summed E-state index contributed by atoms with van der Waals surface area (Å²) in [4.78, 5) is 25.8. The van der Waals surface area contributed by atoms with Crippen LogP contribution in [0.2, 0.25) is 0 Å². The van der Waals surface area contributed by atoms with Crippen molar-refractivity contribution in [2.75, 3.05) is 13.7 Å². The van der Waals surface area contributed by atoms with Crippen molar-refractivity contribution in [1.82, 2.24) is 10.6 Å². The molecule has 1 fully saturated rings. The second-order valence-corrected chi connectivity index (χ2v) is 3.74. The Labute approximate surface area is 104 Å². The van der Waals surface area contributed by atoms with Gasteiger partial charge in [0.05, 0.1) is 7.11 Å². The fourth-order valence-corrected chi connectivity index (χ4v) is 1.56. The van der Waals surface area contributed by atoms with Crippen LogP contribution in [0.1, 0.15) is 5.56 Å². The second kappa shape index (κ2) is 5.31. The minimum atomic E-state index is -0.671. The Bertz CT molecular complexity index is 493. The maximum absolute atomic E-state index is 10.9. The maximum Gasteiger partial charge on any atom is 0.316 e. The zero-order valence-corrected chi connectivity index (χ0v) is 9.90. The van der Waals surface area contributed by atoms with Gasteiger partial charge in [0.15, 0.2) is 0 Å². The molecule has 6 heteroatoms. The van der Waals surface area contributed by atoms with Crippen molar-refractivity contribution in [2.45, 2.75) is 6.42 Å². The number of methoxy groups -OCH3 is 1. The summed E-state index contributed by atoms with van der Waals surface area (Å²) in [7, 11) is 1.61. The summed E-state index contributed by atoms with van der Waals surface area (Å²) in [5, 5.41) is 4.68. The van der Waals surface area contributed by atoms with Crippen LogP contribution in [-0.4, -0.2) is 31.4 Å². The van der Waals surface area contributed by atoms with E-state index in [1.54, 1.807) is 7.11 Å². The molecule has 0 aliphatic carbocycles. The van der Waals surface area contributed by atoms with Crippen LogP contribution in [0.3, 0.4) is 0 Å². The summed E-state index contributed by atoms with van der Waals surface area (Å²) in [6.07, 6.45) is 0.701. The van der Waals surface area contributed by atoms with Crippen LogP contribution in [0.15, 0.2) is 29.3 Å². The molecule has 1 saturated heterocycles. The number of hydrogen-bond acceptors (Lipinski definition) is 4. The van der Waals surface area contributed by atoms with Crippen LogP contribution in [0.5, 0.6) is 5.75 Å². The lowest BCUT2D eigenvalue weighted by atomic mass is 10.1. The molecule has 0 unspecified atom stereocenters. The third kappa shape index (κ3) is 2.85. The molecule has 0 atom stereocenters. The molecule has 94 valence electrons. The molecule has 2 rings (SSSR count). The van der Waals surface area contributed by atoms with Crippen molar-refractivity contribution in [3.8, 4) is 5.75 Å². The highest BCUT2D eigenvalue weighted by Gasteiger charge is 2.24. The molecule has 6 nitrogen and oxygen atoms in total. The van der Waals surface area contributed by atoms with Gasteiger partial charge in [0.25, 0.3) is 0 Å². The van der Waals surface area contributed by atoms with E-state index in [1.165, 1.54) is 0 Å². The fraction of sp³-hybridized carbons (Fsp3) is 0.250. The molecule has 1 aromatic carbocycles. The second-order valence-electron chi connectivity index (χ2n) is 3.74. The number of ether oxygens (including phenoxy) is 1. The highest BCUT2D eigenvalue weighted by Crippen LogP contribution is 2.12. The molecule has 2 N–H and O–H groups in total. The number of hydrogen-bond donors (Lipinski definition) is 2. The number of amides is 2. The molecule has 1 aliphatic rings. The summed E-state index contributed by atoms with van der Waals surface area (Å²) >= 11 is 0. The van der Waals surface area contributed by atoms with E-state index in [0.717, 1.165) is 11.3 Å². The topological polar surface area (TPSA) is 79.8 Å². The molecule has 0 radical (unpaired) electrons. The molecule has 1 aromatic rings. The molecule has 2 amide bonds. The summed E-state index contributed by atoms with van der Waals surface area (Å²) in [5.74, 6) is -0.333. The number of nitrogens with zero attached hydrogens (tertiary/aromatic N) is 1. The number of carbonyl (C=O) groups excluding carboxylic acids is 2. The van der Waals surface area contributed by atoms with Gasteiger partial charge >= 0.3 is 11.8 Å². The Morgan fingerprint density at radius 1 is 1.22 bits per heavy atom. The lowest BCUT2D eigenvalue weighted by molar-refractivity contribution is -0.135. The predicted molar refractivity (Wildman–Crippen MR) is 65.3 cm³/mol. The first kappa shape index (κ1) is 12.1. The van der Waals surface area contributed by atoms with Gasteiger partial charge in [-0.25, -0.2) is 0 Å². The number of guanidine groups is 1. The lowest BCUT2D eigenvalue weighted by Crippen LogP contribution is -2.26. The molecule has 0 bridgehead atoms. The highest BCUT2D eigenvalue weighted by atomic mass is 16.5. The minimum Gasteiger partial charge on any atom is -0.497 e. The molecule has 0 saturated carbocycles. The molecule has 1 aliphatic heterocycles. The average molecular weight is 247 g/mol. The minimum absolute atomic E-state index is 0.216.